The molecule has 2 aromatic rings. The molecule has 0 saturated heterocycles. The second kappa shape index (κ2) is 7.91. The van der Waals surface area contributed by atoms with Gasteiger partial charge in [-0.25, -0.2) is 5.01 Å². The number of hydrazone groups is 1. The normalized spacial score (nSPS) is 27.0. The largest absolute Gasteiger partial charge is 0.485 e. The number of halogens is 2. The van der Waals surface area contributed by atoms with Gasteiger partial charge in [0, 0.05) is 21.5 Å². The molecule has 1 saturated carbocycles. The molecule has 5 rings (SSSR count). The molecule has 1 N–H and O–H groups in total. The van der Waals surface area contributed by atoms with Crippen LogP contribution in [0.3, 0.4) is 0 Å². The van der Waals surface area contributed by atoms with E-state index in [0.717, 1.165) is 0 Å². The maximum absolute atomic E-state index is 12.8. The lowest BCUT2D eigenvalue weighted by atomic mass is 9.87. The Morgan fingerprint density at radius 1 is 1.27 bits per heavy atom. The molecule has 2 aromatic carbocycles. The van der Waals surface area contributed by atoms with Crippen molar-refractivity contribution >= 4 is 35.0 Å². The molecule has 7 nitrogen and oxygen atoms in total. The molecule has 33 heavy (non-hydrogen) atoms. The van der Waals surface area contributed by atoms with Gasteiger partial charge >= 0.3 is 0 Å². The van der Waals surface area contributed by atoms with Crippen LogP contribution in [0.5, 0.6) is 5.75 Å². The van der Waals surface area contributed by atoms with Crippen molar-refractivity contribution in [2.24, 2.45) is 16.9 Å². The summed E-state index contributed by atoms with van der Waals surface area (Å²) >= 11 is 12.3. The fourth-order valence-electron chi connectivity index (χ4n) is 4.28. The third-order valence-corrected chi connectivity index (χ3v) is 6.89. The molecule has 0 radical (unpaired) electrons. The molecular weight excluding hydrogens is 465 g/mol. The molecule has 2 heterocycles. The number of aliphatic hydroxyl groups is 1. The first-order chi connectivity index (χ1) is 15.7. The van der Waals surface area contributed by atoms with Crippen LogP contribution in [0, 0.1) is 23.2 Å². The first kappa shape index (κ1) is 22.0. The third-order valence-electron chi connectivity index (χ3n) is 6.30. The van der Waals surface area contributed by atoms with Gasteiger partial charge in [-0.2, -0.15) is 5.26 Å². The van der Waals surface area contributed by atoms with E-state index < -0.39 is 17.8 Å². The Labute approximate surface area is 201 Å². The predicted octanol–water partition coefficient (Wildman–Crippen LogP) is 4.45. The number of nitriles is 1. The minimum Gasteiger partial charge on any atom is -0.485 e. The number of carbonyl (C=O) groups is 1. The van der Waals surface area contributed by atoms with Crippen LogP contribution in [0.15, 0.2) is 41.5 Å². The fraction of sp³-hybridized carbons (Fsp3) is 0.375. The maximum atomic E-state index is 12.8. The van der Waals surface area contributed by atoms with Crippen molar-refractivity contribution in [3.8, 4) is 11.8 Å². The van der Waals surface area contributed by atoms with Gasteiger partial charge in [0.2, 0.25) is 11.8 Å². The summed E-state index contributed by atoms with van der Waals surface area (Å²) in [5.41, 5.74) is 0.802. The highest BCUT2D eigenvalue weighted by molar-refractivity contribution is 6.35. The fourth-order valence-corrected chi connectivity index (χ4v) is 4.75. The van der Waals surface area contributed by atoms with Crippen molar-refractivity contribution in [2.45, 2.75) is 44.6 Å². The Morgan fingerprint density at radius 2 is 2.06 bits per heavy atom. The van der Waals surface area contributed by atoms with Gasteiger partial charge in [-0.1, -0.05) is 29.3 Å². The van der Waals surface area contributed by atoms with Crippen LogP contribution in [0.1, 0.15) is 43.1 Å². The quantitative estimate of drug-likeness (QED) is 0.692. The van der Waals surface area contributed by atoms with Gasteiger partial charge in [0.05, 0.1) is 24.1 Å². The summed E-state index contributed by atoms with van der Waals surface area (Å²) in [6.45, 7) is 3.73. The predicted molar refractivity (Wildman–Crippen MR) is 122 cm³/mol. The van der Waals surface area contributed by atoms with Crippen molar-refractivity contribution in [3.63, 3.8) is 0 Å². The van der Waals surface area contributed by atoms with Crippen LogP contribution < -0.4 is 4.74 Å². The maximum Gasteiger partial charge on any atom is 0.247 e. The number of carbonyl (C=O) groups excluding carboxylic acids is 1. The molecule has 3 aliphatic rings. The lowest BCUT2D eigenvalue weighted by molar-refractivity contribution is -0.135. The Morgan fingerprint density at radius 3 is 2.79 bits per heavy atom. The molecular formula is C24H21Cl2N3O4. The molecule has 1 amide bonds. The number of aliphatic hydroxyl groups excluding tert-OH is 1. The topological polar surface area (TPSA) is 95.2 Å². The van der Waals surface area contributed by atoms with Gasteiger partial charge in [-0.15, -0.1) is 5.10 Å². The summed E-state index contributed by atoms with van der Waals surface area (Å²) in [4.78, 5) is 12.8. The van der Waals surface area contributed by atoms with Gasteiger partial charge in [0.25, 0.3) is 0 Å². The van der Waals surface area contributed by atoms with Gasteiger partial charge < -0.3 is 14.6 Å². The standard InChI is InChI=1S/C24H21Cl2N3O4/c1-24(2)21(30)20(17-7-12(10-27)3-6-19(17)33-24)32-22-15-9-16(15)23(31)29(28-22)11-13-4-5-14(25)8-18(13)26/h3-8,15-16,20-21,30H,9,11H2,1-2H3/t15-,16+,20+,21-/m0/s1. The van der Waals surface area contributed by atoms with Crippen molar-refractivity contribution in [2.75, 3.05) is 0 Å². The van der Waals surface area contributed by atoms with E-state index in [-0.39, 0.29) is 24.3 Å². The van der Waals surface area contributed by atoms with Crippen LogP contribution in [0.4, 0.5) is 0 Å². The average Bonchev–Trinajstić information content (AvgIpc) is 3.57. The minimum atomic E-state index is -1.02. The van der Waals surface area contributed by atoms with Gasteiger partial charge in [-0.3, -0.25) is 4.79 Å². The van der Waals surface area contributed by atoms with Gasteiger partial charge in [0.1, 0.15) is 17.5 Å². The van der Waals surface area contributed by atoms with E-state index >= 15 is 0 Å². The number of fused-ring (bicyclic) bond motifs is 2. The second-order valence-electron chi connectivity index (χ2n) is 9.07. The summed E-state index contributed by atoms with van der Waals surface area (Å²) in [5, 5.41) is 27.2. The highest BCUT2D eigenvalue weighted by atomic mass is 35.5. The Bertz CT molecular complexity index is 1220. The van der Waals surface area contributed by atoms with Gasteiger partial charge in [0.15, 0.2) is 6.10 Å². The molecule has 2 aliphatic heterocycles. The molecule has 1 fully saturated rings. The summed E-state index contributed by atoms with van der Waals surface area (Å²) < 4.78 is 12.2. The molecule has 0 unspecified atom stereocenters. The molecule has 0 aromatic heterocycles. The van der Waals surface area contributed by atoms with E-state index in [0.29, 0.717) is 44.8 Å². The van der Waals surface area contributed by atoms with Crippen LogP contribution in [0.2, 0.25) is 10.0 Å². The lowest BCUT2D eigenvalue weighted by Gasteiger charge is -2.42. The van der Waals surface area contributed by atoms with E-state index in [1.807, 2.05) is 0 Å². The number of benzene rings is 2. The molecule has 0 spiro atoms. The summed E-state index contributed by atoms with van der Waals surface area (Å²) in [6, 6.07) is 12.2. The van der Waals surface area contributed by atoms with Gasteiger partial charge in [-0.05, 0) is 56.2 Å². The number of ether oxygens (including phenoxy) is 2. The first-order valence-electron chi connectivity index (χ1n) is 10.6. The summed E-state index contributed by atoms with van der Waals surface area (Å²) in [6.07, 6.45) is -1.18. The molecule has 4 atom stereocenters. The average molecular weight is 486 g/mol. The monoisotopic (exact) mass is 485 g/mol. The van der Waals surface area contributed by atoms with Crippen molar-refractivity contribution in [1.82, 2.24) is 5.01 Å². The van der Waals surface area contributed by atoms with Crippen molar-refractivity contribution in [1.29, 1.82) is 5.26 Å². The Kier molecular flexibility index (Phi) is 5.28. The highest BCUT2D eigenvalue weighted by Gasteiger charge is 2.55. The third kappa shape index (κ3) is 3.93. The zero-order valence-electron chi connectivity index (χ0n) is 18.0. The Balaban J connectivity index is 1.47. The molecule has 9 heteroatoms. The smallest absolute Gasteiger partial charge is 0.247 e. The number of hydrogen-bond acceptors (Lipinski definition) is 6. The minimum absolute atomic E-state index is 0.0848. The van der Waals surface area contributed by atoms with E-state index in [9.17, 15) is 15.2 Å². The van der Waals surface area contributed by atoms with E-state index in [2.05, 4.69) is 11.2 Å². The highest BCUT2D eigenvalue weighted by Crippen LogP contribution is 2.48. The second-order valence-corrected chi connectivity index (χ2v) is 9.92. The number of amides is 1. The van der Waals surface area contributed by atoms with Crippen LogP contribution in [-0.4, -0.2) is 33.6 Å². The number of nitrogens with zero attached hydrogens (tertiary/aromatic N) is 3. The van der Waals surface area contributed by atoms with Crippen molar-refractivity contribution in [3.05, 3.63) is 63.1 Å². The van der Waals surface area contributed by atoms with Crippen LogP contribution >= 0.6 is 23.2 Å². The van der Waals surface area contributed by atoms with Crippen LogP contribution in [-0.2, 0) is 16.1 Å². The summed E-state index contributed by atoms with van der Waals surface area (Å²) in [5.74, 6) is 0.505. The Hall–Kier alpha value is -2.79. The van der Waals surface area contributed by atoms with Crippen molar-refractivity contribution < 1.29 is 19.4 Å². The molecule has 170 valence electrons. The number of hydrogen-bond donors (Lipinski definition) is 1. The zero-order chi connectivity index (χ0) is 23.5. The van der Waals surface area contributed by atoms with E-state index in [4.69, 9.17) is 32.7 Å². The first-order valence-corrected chi connectivity index (χ1v) is 11.3. The number of rotatable bonds is 3. The van der Waals surface area contributed by atoms with Crippen LogP contribution in [0.25, 0.3) is 0 Å². The lowest BCUT2D eigenvalue weighted by Crippen LogP contribution is -2.50. The summed E-state index contributed by atoms with van der Waals surface area (Å²) in [7, 11) is 0. The molecule has 0 bridgehead atoms. The van der Waals surface area contributed by atoms with E-state index in [1.165, 1.54) is 5.01 Å². The zero-order valence-corrected chi connectivity index (χ0v) is 19.5. The SMILES string of the molecule is CC1(C)Oc2ccc(C#N)cc2[C@@H](OC2=NN(Cc3ccc(Cl)cc3Cl)C(=O)[C@@H]3C[C@H]23)[C@@H]1O. The molecule has 1 aliphatic carbocycles. The van der Waals surface area contributed by atoms with E-state index in [1.54, 1.807) is 50.2 Å².